The number of ether oxygens (including phenoxy) is 1. The van der Waals surface area contributed by atoms with E-state index in [-0.39, 0.29) is 114 Å². The number of hydrogen-bond acceptors (Lipinski definition) is 39. The van der Waals surface area contributed by atoms with Crippen LogP contribution in [0, 0.1) is 0 Å². The Morgan fingerprint density at radius 2 is 0.552 bits per heavy atom. The summed E-state index contributed by atoms with van der Waals surface area (Å²) in [6.07, 6.45) is 12.9. The van der Waals surface area contributed by atoms with Crippen molar-refractivity contribution in [2.24, 2.45) is 5.73 Å². The maximum Gasteiger partial charge on any atom is 0.418 e. The number of piperazine rings is 1. The summed E-state index contributed by atoms with van der Waals surface area (Å²) in [6, 6.07) is -12.7. The molecule has 0 aromatic carbocycles. The van der Waals surface area contributed by atoms with Crippen LogP contribution < -0.4 is 43.6 Å². The molecular formula is C70H110N26O41S6. The molecule has 18 aliphatic heterocycles. The number of rotatable bonds is 24. The summed E-state index contributed by atoms with van der Waals surface area (Å²) < 4.78 is 213. The molecule has 73 heteroatoms. The number of nitrogens with zero attached hydrogens (tertiary/aromatic N) is 18. The first kappa shape index (κ1) is 110. The molecule has 18 rings (SSSR count). The van der Waals surface area contributed by atoms with Crippen molar-refractivity contribution in [1.82, 2.24) is 128 Å². The van der Waals surface area contributed by atoms with Gasteiger partial charge in [-0.15, -0.1) is 25.7 Å². The van der Waals surface area contributed by atoms with Crippen LogP contribution in [-0.4, -0.2) is 459 Å². The number of hydroxylamine groups is 12. The number of hydrazine groups is 6. The van der Waals surface area contributed by atoms with Crippen molar-refractivity contribution >= 4 is 158 Å². The van der Waals surface area contributed by atoms with Gasteiger partial charge in [0.05, 0.1) is 62.5 Å². The normalized spacial score (nSPS) is 28.5. The van der Waals surface area contributed by atoms with Gasteiger partial charge in [-0.1, -0.05) is 6.42 Å². The molecule has 67 nitrogen and oxygen atoms in total. The minimum atomic E-state index is -4.84. The van der Waals surface area contributed by atoms with Crippen LogP contribution in [0.2, 0.25) is 0 Å². The Kier molecular flexibility index (Phi) is 34.9. The lowest BCUT2D eigenvalue weighted by Crippen LogP contribution is -2.60. The molecule has 0 radical (unpaired) electrons. The fourth-order valence-electron chi connectivity index (χ4n) is 19.2. The summed E-state index contributed by atoms with van der Waals surface area (Å²) in [5, 5.41) is 14.8. The Morgan fingerprint density at radius 1 is 0.294 bits per heavy atom. The standard InChI is InChI=1S/C12H21N5O6S.2C12H18N4O7S.C12H20N4O6S.C11H17N5O7S.C11H16N4O8S/c13-8-2-1-5-15(6-8)14-11(18)10-4-3-9-7-16(10)12(19)17(9)23-24(20,21)22;2*17-10-3-1-2-6-15(10)13-11(18)9-5-4-8-7-14(9)12(19)16(8)23-24(20,21)22;17-11(13-14-6-2-1-3-7-14)10-5-4-9-8-15(10)12(18)16(9)22-23(19,20)21;17-9-5-12-3-4-15(9)13-10(18)8-2-1-7-6-14(8)11(19)16(7)23-24(20,21)22;16-9-6-22-4-3-14(9)12-10(17)8-2-1-7-5-13(8)11(18)15(7)23-24(19,20)21/h8-10H,1-7,13H2,(H,14,18)(H,20,21,22);2*8-9H,1-7H2,(H,13,18)(H,20,21,22);9-10H,1-8H2,(H,13,17)(H,19,20,21);7-8,12H,1-6H2,(H,13,18)(H,20,21,22);7-8H,1-6H2,(H,12,17)(H,19,20,21)/t8?,9-,10+;2*8-,9+;9-,10+;2*7-,8+/m111111/s1. The third kappa shape index (κ3) is 28.2. The van der Waals surface area contributed by atoms with E-state index < -0.39 is 201 Å². The monoisotopic (exact) mass is 2160 g/mol. The van der Waals surface area contributed by atoms with Gasteiger partial charge >= 0.3 is 98.6 Å². The van der Waals surface area contributed by atoms with E-state index in [1.807, 2.05) is 5.01 Å². The Morgan fingerprint density at radius 3 is 0.818 bits per heavy atom. The second-order valence-corrected chi connectivity index (χ2v) is 41.7. The van der Waals surface area contributed by atoms with Gasteiger partial charge in [0.2, 0.25) is 11.8 Å². The van der Waals surface area contributed by atoms with Crippen LogP contribution in [0.1, 0.15) is 148 Å². The summed E-state index contributed by atoms with van der Waals surface area (Å²) in [4.78, 5) is 202. The quantitative estimate of drug-likeness (QED) is 0.0399. The van der Waals surface area contributed by atoms with Gasteiger partial charge in [-0.25, -0.2) is 43.8 Å². The molecule has 15 N–H and O–H groups in total. The van der Waals surface area contributed by atoms with Crippen LogP contribution in [-0.2, 0) is 141 Å². The SMILES string of the molecule is NC1CCCN(NC(=O)[C@@H]2CC[C@@H]3CN2C(=O)N3OS(=O)(=O)O)C1.O=C(NN1CCCCC1)[C@@H]1CC[C@@H]2CN1C(=O)N2OS(=O)(=O)O.O=C(NN1CCCCC1=O)[C@@H]1CC[C@@H]2CN1C(=O)N2OS(=O)(=O)O.O=C(NN1CCCCC1=O)[C@@H]1CC[C@@H]2CN1C(=O)N2OS(=O)(=O)O.O=C(NN1CCNCC1=O)[C@@H]1CC[C@@H]2CN1C(=O)N2OS(=O)(=O)O.O=C(NN1CCOCC1=O)[C@@H]1CC[C@@H]2CN1C(=O)N2OS(=O)(=O)O. The summed E-state index contributed by atoms with van der Waals surface area (Å²) in [5.41, 5.74) is 21.5. The van der Waals surface area contributed by atoms with E-state index in [0.717, 1.165) is 80.8 Å². The zero-order valence-corrected chi connectivity index (χ0v) is 80.9. The van der Waals surface area contributed by atoms with Gasteiger partial charge in [0, 0.05) is 104 Å². The highest BCUT2D eigenvalue weighted by Gasteiger charge is 2.57. The summed E-state index contributed by atoms with van der Waals surface area (Å²) in [7, 11) is -28.9. The van der Waals surface area contributed by atoms with Gasteiger partial charge in [0.25, 0.3) is 47.3 Å². The molecule has 802 valence electrons. The average molecular weight is 2160 g/mol. The second-order valence-electron chi connectivity index (χ2n) is 35.6. The molecule has 0 saturated carbocycles. The smallest absolute Gasteiger partial charge is 0.370 e. The van der Waals surface area contributed by atoms with Crippen molar-refractivity contribution in [3.8, 4) is 0 Å². The molecule has 1 unspecified atom stereocenters. The fraction of sp³-hybridized carbons (Fsp3) is 0.771. The number of nitrogens with one attached hydrogen (secondary N) is 7. The second kappa shape index (κ2) is 45.5. The molecule has 143 heavy (non-hydrogen) atoms. The zero-order chi connectivity index (χ0) is 104. The topological polar surface area (TPSA) is 833 Å². The first-order valence-corrected chi connectivity index (χ1v) is 53.5. The molecule has 18 saturated heterocycles. The summed E-state index contributed by atoms with van der Waals surface area (Å²) >= 11 is 0. The Hall–Kier alpha value is -10.7. The minimum absolute atomic E-state index is 0.00172. The van der Waals surface area contributed by atoms with E-state index in [4.69, 9.17) is 37.8 Å². The van der Waals surface area contributed by atoms with E-state index in [1.165, 1.54) is 39.5 Å². The van der Waals surface area contributed by atoms with Crippen molar-refractivity contribution in [1.29, 1.82) is 0 Å². The number of carbonyl (C=O) groups excluding carboxylic acids is 16. The van der Waals surface area contributed by atoms with Gasteiger partial charge < -0.3 is 45.2 Å². The highest BCUT2D eigenvalue weighted by molar-refractivity contribution is 7.82. The first-order valence-electron chi connectivity index (χ1n) is 45.3. The van der Waals surface area contributed by atoms with Crippen LogP contribution in [0.25, 0.3) is 0 Å². The van der Waals surface area contributed by atoms with Crippen molar-refractivity contribution < 1.29 is 185 Å². The highest BCUT2D eigenvalue weighted by Crippen LogP contribution is 2.38. The number of carbonyl (C=O) groups is 16. The molecular weight excluding hydrogens is 2050 g/mol. The number of amides is 22. The molecule has 0 aromatic rings. The van der Waals surface area contributed by atoms with Gasteiger partial charge in [-0.2, -0.15) is 80.9 Å². The third-order valence-electron chi connectivity index (χ3n) is 25.9. The van der Waals surface area contributed by atoms with E-state index in [2.05, 4.69) is 63.6 Å². The lowest BCUT2D eigenvalue weighted by Gasteiger charge is -2.34. The third-order valence-corrected chi connectivity index (χ3v) is 27.9. The fourth-order valence-corrected chi connectivity index (χ4v) is 21.6. The van der Waals surface area contributed by atoms with Crippen molar-refractivity contribution in [2.75, 3.05) is 118 Å². The number of piperidine rings is 10. The van der Waals surface area contributed by atoms with Crippen LogP contribution in [0.4, 0.5) is 28.8 Å². The predicted molar refractivity (Wildman–Crippen MR) is 462 cm³/mol. The molecule has 12 bridgehead atoms. The van der Waals surface area contributed by atoms with E-state index in [1.54, 1.807) is 5.01 Å². The Labute approximate surface area is 816 Å². The number of hydrogen-bond donors (Lipinski definition) is 14. The lowest BCUT2D eigenvalue weighted by atomic mass is 10.0. The first-order chi connectivity index (χ1) is 67.1. The number of morpholine rings is 1. The van der Waals surface area contributed by atoms with Gasteiger partial charge in [-0.3, -0.25) is 123 Å². The van der Waals surface area contributed by atoms with Crippen molar-refractivity contribution in [3.05, 3.63) is 0 Å². The summed E-state index contributed by atoms with van der Waals surface area (Å²) in [6.45, 7) is 5.76. The van der Waals surface area contributed by atoms with E-state index in [9.17, 15) is 127 Å². The molecule has 18 fully saturated rings. The van der Waals surface area contributed by atoms with Crippen LogP contribution >= 0.6 is 0 Å². The Balaban J connectivity index is 0.000000144. The van der Waals surface area contributed by atoms with Crippen molar-refractivity contribution in [2.45, 2.75) is 226 Å². The van der Waals surface area contributed by atoms with Crippen LogP contribution in [0.3, 0.4) is 0 Å². The zero-order valence-electron chi connectivity index (χ0n) is 76.0. The van der Waals surface area contributed by atoms with Crippen LogP contribution in [0.5, 0.6) is 0 Å². The van der Waals surface area contributed by atoms with Crippen LogP contribution in [0.15, 0.2) is 0 Å². The number of fused-ring (bicyclic) bond motifs is 12. The largest absolute Gasteiger partial charge is 0.418 e. The lowest BCUT2D eigenvalue weighted by molar-refractivity contribution is -0.153. The maximum absolute atomic E-state index is 12.5. The van der Waals surface area contributed by atoms with Gasteiger partial charge in [0.15, 0.2) is 0 Å². The molecule has 0 spiro atoms. The van der Waals surface area contributed by atoms with Gasteiger partial charge in [0.1, 0.15) is 42.9 Å². The average Bonchev–Trinajstić information content (AvgIpc) is 1.65. The highest BCUT2D eigenvalue weighted by atomic mass is 32.3. The van der Waals surface area contributed by atoms with E-state index in [0.29, 0.717) is 147 Å². The molecule has 13 atom stereocenters. The van der Waals surface area contributed by atoms with Crippen molar-refractivity contribution in [3.63, 3.8) is 0 Å². The molecule has 18 aliphatic rings. The maximum atomic E-state index is 12.5. The number of urea groups is 6. The molecule has 18 heterocycles. The minimum Gasteiger partial charge on any atom is -0.370 e. The van der Waals surface area contributed by atoms with E-state index >= 15 is 0 Å². The van der Waals surface area contributed by atoms with Gasteiger partial charge in [-0.05, 0) is 128 Å². The predicted octanol–water partition coefficient (Wildman–Crippen LogP) is -8.65. The number of nitrogens with two attached hydrogens (primary N) is 1. The Bertz CT molecular complexity index is 5160. The molecule has 22 amide bonds. The molecule has 0 aliphatic carbocycles. The summed E-state index contributed by atoms with van der Waals surface area (Å²) in [5.74, 6) is -3.69. The molecule has 0 aromatic heterocycles.